The molecule has 0 rings (SSSR count). The van der Waals surface area contributed by atoms with E-state index in [4.69, 9.17) is 10.2 Å². The zero-order valence-electron chi connectivity index (χ0n) is 7.15. The molecule has 0 saturated heterocycles. The summed E-state index contributed by atoms with van der Waals surface area (Å²) in [5, 5.41) is 15.7. The Balaban J connectivity index is -0.000000173. The van der Waals surface area contributed by atoms with Crippen molar-refractivity contribution in [3.05, 3.63) is 0 Å². The van der Waals surface area contributed by atoms with E-state index in [1.54, 1.807) is 4.90 Å². The second kappa shape index (κ2) is 12.4. The van der Waals surface area contributed by atoms with Crippen LogP contribution in [0.15, 0.2) is 0 Å². The third-order valence-electron chi connectivity index (χ3n) is 1.03. The van der Waals surface area contributed by atoms with Crippen molar-refractivity contribution >= 4 is 64.3 Å². The number of thiocarbonyl (C=S) groups is 2. The summed E-state index contributed by atoms with van der Waals surface area (Å²) in [6, 6.07) is 0. The second-order valence-electron chi connectivity index (χ2n) is 1.79. The van der Waals surface area contributed by atoms with Gasteiger partial charge in [-0.1, -0.05) is 0 Å². The van der Waals surface area contributed by atoms with Gasteiger partial charge in [0, 0.05) is 13.1 Å². The van der Waals surface area contributed by atoms with Crippen LogP contribution in [-0.4, -0.2) is 68.1 Å². The molecule has 0 fully saturated rings. The van der Waals surface area contributed by atoms with Gasteiger partial charge in [0.1, 0.15) is 0 Å². The minimum absolute atomic E-state index is 0. The van der Waals surface area contributed by atoms with Gasteiger partial charge in [-0.15, -0.1) is 0 Å². The minimum atomic E-state index is -0.500. The molecule has 0 atom stereocenters. The van der Waals surface area contributed by atoms with Crippen LogP contribution < -0.4 is 5.73 Å². The molecule has 7 heteroatoms. The Kier molecular flexibility index (Phi) is 18.1. The average Bonchev–Trinajstić information content (AvgIpc) is 1.87. The SMILES string of the molecule is CCN(CC)C(O)=S.NC(O)=S.[NaH]. The molecular weight excluding hydrogens is 219 g/mol. The van der Waals surface area contributed by atoms with Crippen LogP contribution in [0.2, 0.25) is 0 Å². The van der Waals surface area contributed by atoms with E-state index in [1.165, 1.54) is 0 Å². The molecular formula is C6H15N2NaO2S2. The molecule has 0 aromatic rings. The first-order valence-corrected chi connectivity index (χ1v) is 4.23. The Morgan fingerprint density at radius 1 is 1.23 bits per heavy atom. The Bertz CT molecular complexity index is 150. The fraction of sp³-hybridized carbons (Fsp3) is 0.667. The molecule has 4 N–H and O–H groups in total. The summed E-state index contributed by atoms with van der Waals surface area (Å²) in [6.45, 7) is 5.47. The van der Waals surface area contributed by atoms with Crippen LogP contribution in [0.1, 0.15) is 13.8 Å². The van der Waals surface area contributed by atoms with Gasteiger partial charge < -0.3 is 20.8 Å². The Labute approximate surface area is 111 Å². The number of hydrogen-bond acceptors (Lipinski definition) is 2. The van der Waals surface area contributed by atoms with Gasteiger partial charge in [-0.3, -0.25) is 0 Å². The first kappa shape index (κ1) is 19.0. The Hall–Kier alpha value is 0.380. The van der Waals surface area contributed by atoms with Crippen LogP contribution in [0.5, 0.6) is 0 Å². The van der Waals surface area contributed by atoms with Crippen molar-refractivity contribution in [3.8, 4) is 0 Å². The Morgan fingerprint density at radius 3 is 1.46 bits per heavy atom. The topological polar surface area (TPSA) is 69.7 Å². The molecule has 0 aromatic carbocycles. The van der Waals surface area contributed by atoms with Gasteiger partial charge in [0.2, 0.25) is 0 Å². The van der Waals surface area contributed by atoms with Crippen LogP contribution in [0.3, 0.4) is 0 Å². The summed E-state index contributed by atoms with van der Waals surface area (Å²) in [6.07, 6.45) is 0. The van der Waals surface area contributed by atoms with E-state index in [0.29, 0.717) is 0 Å². The summed E-state index contributed by atoms with van der Waals surface area (Å²) >= 11 is 8.37. The van der Waals surface area contributed by atoms with Gasteiger partial charge in [-0.05, 0) is 38.3 Å². The first-order chi connectivity index (χ1) is 5.45. The molecule has 4 nitrogen and oxygen atoms in total. The van der Waals surface area contributed by atoms with Crippen LogP contribution in [0.25, 0.3) is 0 Å². The van der Waals surface area contributed by atoms with Gasteiger partial charge in [-0.2, -0.15) is 0 Å². The zero-order valence-corrected chi connectivity index (χ0v) is 8.78. The standard InChI is InChI=1S/C5H11NOS.CH3NOS.Na.H/c1-3-6(4-2)5(7)8;2-1(3)4;;/h3-4H2,1-2H3,(H,7,8);(H3,2,3,4);;. The normalized spacial score (nSPS) is 7.23. The van der Waals surface area contributed by atoms with Crippen molar-refractivity contribution in [2.45, 2.75) is 13.8 Å². The van der Waals surface area contributed by atoms with E-state index in [0.717, 1.165) is 13.1 Å². The molecule has 0 radical (unpaired) electrons. The predicted molar refractivity (Wildman–Crippen MR) is 64.7 cm³/mol. The Morgan fingerprint density at radius 2 is 1.46 bits per heavy atom. The fourth-order valence-electron chi connectivity index (χ4n) is 0.494. The van der Waals surface area contributed by atoms with E-state index < -0.39 is 5.17 Å². The second-order valence-corrected chi connectivity index (χ2v) is 2.58. The van der Waals surface area contributed by atoms with E-state index in [-0.39, 0.29) is 34.7 Å². The molecule has 0 aromatic heterocycles. The van der Waals surface area contributed by atoms with Gasteiger partial charge in [0.05, 0.1) is 0 Å². The van der Waals surface area contributed by atoms with Crippen LogP contribution in [-0.2, 0) is 0 Å². The van der Waals surface area contributed by atoms with Crippen LogP contribution in [0.4, 0.5) is 0 Å². The van der Waals surface area contributed by atoms with Crippen molar-refractivity contribution in [1.82, 2.24) is 4.90 Å². The molecule has 0 heterocycles. The third-order valence-corrected chi connectivity index (χ3v) is 1.29. The summed E-state index contributed by atoms with van der Waals surface area (Å²) in [7, 11) is 0. The molecule has 0 amide bonds. The molecule has 0 aliphatic carbocycles. The third kappa shape index (κ3) is 19.0. The number of aliphatic hydroxyl groups excluding tert-OH is 2. The quantitative estimate of drug-likeness (QED) is 0.472. The number of nitrogens with zero attached hydrogens (tertiary/aromatic N) is 1. The molecule has 74 valence electrons. The molecule has 13 heavy (non-hydrogen) atoms. The van der Waals surface area contributed by atoms with Crippen molar-refractivity contribution in [2.24, 2.45) is 5.73 Å². The maximum absolute atomic E-state index is 8.67. The summed E-state index contributed by atoms with van der Waals surface area (Å²) in [5.41, 5.74) is 4.40. The molecule has 0 spiro atoms. The van der Waals surface area contributed by atoms with E-state index in [2.05, 4.69) is 30.2 Å². The van der Waals surface area contributed by atoms with Crippen molar-refractivity contribution < 1.29 is 10.2 Å². The molecule has 0 saturated carbocycles. The van der Waals surface area contributed by atoms with E-state index in [1.807, 2.05) is 13.8 Å². The maximum atomic E-state index is 8.67. The summed E-state index contributed by atoms with van der Waals surface area (Å²) in [5.74, 6) is 0. The number of nitrogens with two attached hydrogens (primary N) is 1. The van der Waals surface area contributed by atoms with Crippen LogP contribution >= 0.6 is 24.4 Å². The fourth-order valence-corrected chi connectivity index (χ4v) is 0.752. The van der Waals surface area contributed by atoms with Crippen molar-refractivity contribution in [2.75, 3.05) is 13.1 Å². The monoisotopic (exact) mass is 234 g/mol. The van der Waals surface area contributed by atoms with E-state index in [9.17, 15) is 0 Å². The van der Waals surface area contributed by atoms with E-state index >= 15 is 0 Å². The molecule has 0 bridgehead atoms. The number of hydrogen-bond donors (Lipinski definition) is 3. The van der Waals surface area contributed by atoms with Crippen molar-refractivity contribution in [1.29, 1.82) is 0 Å². The van der Waals surface area contributed by atoms with Crippen molar-refractivity contribution in [3.63, 3.8) is 0 Å². The first-order valence-electron chi connectivity index (χ1n) is 3.41. The number of aliphatic hydroxyl groups is 2. The van der Waals surface area contributed by atoms with Gasteiger partial charge >= 0.3 is 29.6 Å². The van der Waals surface area contributed by atoms with Gasteiger partial charge in [-0.25, -0.2) is 0 Å². The predicted octanol–water partition coefficient (Wildman–Crippen LogP) is 0.311. The molecule has 0 aliphatic heterocycles. The van der Waals surface area contributed by atoms with Crippen LogP contribution in [0, 0.1) is 0 Å². The number of rotatable bonds is 2. The molecule has 0 unspecified atom stereocenters. The summed E-state index contributed by atoms with van der Waals surface area (Å²) in [4.78, 5) is 1.70. The van der Waals surface area contributed by atoms with Gasteiger partial charge in [0.15, 0.2) is 0 Å². The molecule has 0 aliphatic rings. The summed E-state index contributed by atoms with van der Waals surface area (Å²) < 4.78 is 0. The van der Waals surface area contributed by atoms with Gasteiger partial charge in [0.25, 0.3) is 10.3 Å². The zero-order chi connectivity index (χ0) is 10.1. The average molecular weight is 234 g/mol.